The van der Waals surface area contributed by atoms with Gasteiger partial charge in [-0.15, -0.1) is 0 Å². The average Bonchev–Trinajstić information content (AvgIpc) is 2.62. The molecule has 0 unspecified atom stereocenters. The Morgan fingerprint density at radius 3 is 2.31 bits per heavy atom. The van der Waals surface area contributed by atoms with Crippen LogP contribution in [0.5, 0.6) is 0 Å². The van der Waals surface area contributed by atoms with E-state index in [4.69, 9.17) is 4.74 Å². The van der Waals surface area contributed by atoms with Gasteiger partial charge in [-0.05, 0) is 56.0 Å². The fourth-order valence-electron chi connectivity index (χ4n) is 2.47. The highest BCUT2D eigenvalue weighted by molar-refractivity contribution is 5.92. The normalized spacial score (nSPS) is 11.5. The van der Waals surface area contributed by atoms with Gasteiger partial charge in [-0.2, -0.15) is 0 Å². The zero-order chi connectivity index (χ0) is 19.1. The molecule has 0 bridgehead atoms. The number of Topliss-reactive ketones (excluding diaryl/α,β-unsaturated/α-hetero) is 1. The van der Waals surface area contributed by atoms with E-state index >= 15 is 0 Å². The van der Waals surface area contributed by atoms with Crippen LogP contribution in [-0.4, -0.2) is 30.3 Å². The highest BCUT2D eigenvalue weighted by atomic mass is 16.5. The van der Waals surface area contributed by atoms with Gasteiger partial charge in [-0.1, -0.05) is 36.4 Å². The maximum Gasteiger partial charge on any atom is 0.338 e. The molecule has 5 heteroatoms. The van der Waals surface area contributed by atoms with Crippen LogP contribution in [0.15, 0.2) is 48.5 Å². The minimum absolute atomic E-state index is 0.150. The van der Waals surface area contributed by atoms with Gasteiger partial charge in [0.1, 0.15) is 0 Å². The van der Waals surface area contributed by atoms with Crippen molar-refractivity contribution in [2.24, 2.45) is 0 Å². The smallest absolute Gasteiger partial charge is 0.338 e. The number of esters is 1. The van der Waals surface area contributed by atoms with E-state index < -0.39 is 24.5 Å². The van der Waals surface area contributed by atoms with E-state index in [2.05, 4.69) is 5.32 Å². The summed E-state index contributed by atoms with van der Waals surface area (Å²) in [5.41, 5.74) is 3.39. The second kappa shape index (κ2) is 8.94. The van der Waals surface area contributed by atoms with E-state index in [-0.39, 0.29) is 5.78 Å². The summed E-state index contributed by atoms with van der Waals surface area (Å²) < 4.78 is 5.05. The highest BCUT2D eigenvalue weighted by Crippen LogP contribution is 2.11. The molecule has 136 valence electrons. The first-order valence-electron chi connectivity index (χ1n) is 8.45. The van der Waals surface area contributed by atoms with Crippen LogP contribution in [0.25, 0.3) is 0 Å². The molecule has 1 atom stereocenters. The minimum Gasteiger partial charge on any atom is -0.452 e. The Bertz CT molecular complexity index is 799. The quantitative estimate of drug-likeness (QED) is 0.777. The van der Waals surface area contributed by atoms with Gasteiger partial charge < -0.3 is 10.1 Å². The van der Waals surface area contributed by atoms with Gasteiger partial charge in [-0.25, -0.2) is 4.79 Å². The third kappa shape index (κ3) is 5.55. The van der Waals surface area contributed by atoms with Crippen LogP contribution in [0, 0.1) is 13.8 Å². The Balaban J connectivity index is 1.90. The lowest BCUT2D eigenvalue weighted by atomic mass is 10.0. The van der Waals surface area contributed by atoms with Crippen LogP contribution < -0.4 is 5.32 Å². The molecular formula is C21H23NO4. The van der Waals surface area contributed by atoms with Gasteiger partial charge in [-0.3, -0.25) is 9.59 Å². The topological polar surface area (TPSA) is 72.5 Å². The molecule has 0 fully saturated rings. The molecule has 0 saturated carbocycles. The molecular weight excluding hydrogens is 330 g/mol. The second-order valence-electron chi connectivity index (χ2n) is 6.30. The van der Waals surface area contributed by atoms with Crippen LogP contribution in [0.1, 0.15) is 34.0 Å². The summed E-state index contributed by atoms with van der Waals surface area (Å²) in [6.07, 6.45) is 0.396. The lowest BCUT2D eigenvalue weighted by molar-refractivity contribution is -0.128. The van der Waals surface area contributed by atoms with Crippen molar-refractivity contribution in [1.29, 1.82) is 0 Å². The van der Waals surface area contributed by atoms with Gasteiger partial charge in [0, 0.05) is 0 Å². The summed E-state index contributed by atoms with van der Waals surface area (Å²) in [6, 6.07) is 14.0. The third-order valence-corrected chi connectivity index (χ3v) is 4.19. The number of benzene rings is 2. The van der Waals surface area contributed by atoms with Crippen molar-refractivity contribution in [2.45, 2.75) is 33.2 Å². The third-order valence-electron chi connectivity index (χ3n) is 4.19. The first-order valence-corrected chi connectivity index (χ1v) is 8.45. The summed E-state index contributed by atoms with van der Waals surface area (Å²) >= 11 is 0. The molecule has 2 aromatic carbocycles. The number of amides is 1. The number of carbonyl (C=O) groups excluding carboxylic acids is 3. The number of nitrogens with one attached hydrogen (secondary N) is 1. The highest BCUT2D eigenvalue weighted by Gasteiger charge is 2.19. The van der Waals surface area contributed by atoms with Gasteiger partial charge in [0.25, 0.3) is 5.91 Å². The minimum atomic E-state index is -0.648. The molecule has 0 radical (unpaired) electrons. The molecule has 2 rings (SSSR count). The van der Waals surface area contributed by atoms with Crippen LogP contribution in [-0.2, 0) is 20.7 Å². The lowest BCUT2D eigenvalue weighted by Gasteiger charge is -2.16. The Morgan fingerprint density at radius 2 is 1.69 bits per heavy atom. The number of carbonyl (C=O) groups is 3. The van der Waals surface area contributed by atoms with Crippen molar-refractivity contribution in [3.63, 3.8) is 0 Å². The molecule has 5 nitrogen and oxygen atoms in total. The van der Waals surface area contributed by atoms with E-state index in [9.17, 15) is 14.4 Å². The van der Waals surface area contributed by atoms with E-state index in [0.717, 1.165) is 16.7 Å². The summed E-state index contributed by atoms with van der Waals surface area (Å²) in [5.74, 6) is -1.22. The molecule has 0 aliphatic carbocycles. The number of aryl methyl sites for hydroxylation is 2. The number of hydrogen-bond donors (Lipinski definition) is 1. The van der Waals surface area contributed by atoms with Crippen molar-refractivity contribution < 1.29 is 19.1 Å². The van der Waals surface area contributed by atoms with Gasteiger partial charge in [0.05, 0.1) is 11.6 Å². The Labute approximate surface area is 153 Å². The summed E-state index contributed by atoms with van der Waals surface area (Å²) in [7, 11) is 0. The van der Waals surface area contributed by atoms with Gasteiger partial charge >= 0.3 is 5.97 Å². The molecule has 0 saturated heterocycles. The van der Waals surface area contributed by atoms with Crippen molar-refractivity contribution in [3.05, 3.63) is 70.8 Å². The van der Waals surface area contributed by atoms with Crippen LogP contribution in [0.2, 0.25) is 0 Å². The lowest BCUT2D eigenvalue weighted by Crippen LogP contribution is -2.43. The van der Waals surface area contributed by atoms with Gasteiger partial charge in [0.15, 0.2) is 12.4 Å². The number of hydrogen-bond acceptors (Lipinski definition) is 4. The summed E-state index contributed by atoms with van der Waals surface area (Å²) in [4.78, 5) is 35.9. The fourth-order valence-corrected chi connectivity index (χ4v) is 2.47. The van der Waals surface area contributed by atoms with Crippen molar-refractivity contribution in [3.8, 4) is 0 Å². The Hall–Kier alpha value is -2.95. The molecule has 1 amide bonds. The Kier molecular flexibility index (Phi) is 6.67. The van der Waals surface area contributed by atoms with E-state index in [0.29, 0.717) is 12.0 Å². The van der Waals surface area contributed by atoms with E-state index in [1.165, 1.54) is 6.92 Å². The molecule has 1 N–H and O–H groups in total. The maximum atomic E-state index is 12.1. The molecule has 2 aromatic rings. The fraction of sp³-hybridized carbons (Fsp3) is 0.286. The Morgan fingerprint density at radius 1 is 1.00 bits per heavy atom. The zero-order valence-electron chi connectivity index (χ0n) is 15.2. The number of rotatable bonds is 7. The monoisotopic (exact) mass is 353 g/mol. The standard InChI is InChI=1S/C21H23NO4/c1-14-9-10-18(11-15(14)2)21(25)26-13-20(24)22-19(16(3)23)12-17-7-5-4-6-8-17/h4-11,19H,12-13H2,1-3H3,(H,22,24)/t19-/m0/s1. The summed E-state index contributed by atoms with van der Waals surface area (Å²) in [6.45, 7) is 4.85. The van der Waals surface area contributed by atoms with E-state index in [1.807, 2.05) is 50.2 Å². The van der Waals surface area contributed by atoms with Crippen molar-refractivity contribution in [1.82, 2.24) is 5.32 Å². The first-order chi connectivity index (χ1) is 12.4. The van der Waals surface area contributed by atoms with Crippen LogP contribution >= 0.6 is 0 Å². The van der Waals surface area contributed by atoms with Crippen LogP contribution in [0.4, 0.5) is 0 Å². The molecule has 0 aromatic heterocycles. The SMILES string of the molecule is CC(=O)[C@H](Cc1ccccc1)NC(=O)COC(=O)c1ccc(C)c(C)c1. The van der Waals surface area contributed by atoms with Crippen molar-refractivity contribution in [2.75, 3.05) is 6.61 Å². The predicted octanol–water partition coefficient (Wildman–Crippen LogP) is 2.78. The zero-order valence-corrected chi connectivity index (χ0v) is 15.2. The predicted molar refractivity (Wildman–Crippen MR) is 99.0 cm³/mol. The largest absolute Gasteiger partial charge is 0.452 e. The summed E-state index contributed by atoms with van der Waals surface area (Å²) in [5, 5.41) is 2.63. The molecule has 26 heavy (non-hydrogen) atoms. The van der Waals surface area contributed by atoms with Crippen LogP contribution in [0.3, 0.4) is 0 Å². The first kappa shape index (κ1) is 19.4. The van der Waals surface area contributed by atoms with Crippen molar-refractivity contribution >= 4 is 17.7 Å². The molecule has 0 aliphatic rings. The molecule has 0 spiro atoms. The second-order valence-corrected chi connectivity index (χ2v) is 6.30. The average molecular weight is 353 g/mol. The number of ketones is 1. The maximum absolute atomic E-state index is 12.1. The van der Waals surface area contributed by atoms with Gasteiger partial charge in [0.2, 0.25) is 0 Å². The number of ether oxygens (including phenoxy) is 1. The molecule has 0 heterocycles. The molecule has 0 aliphatic heterocycles. The van der Waals surface area contributed by atoms with E-state index in [1.54, 1.807) is 12.1 Å².